The minimum absolute atomic E-state index is 0.105. The maximum absolute atomic E-state index is 11.9. The molecule has 0 amide bonds. The molecule has 23 heavy (non-hydrogen) atoms. The topological polar surface area (TPSA) is 61.0 Å². The van der Waals surface area contributed by atoms with Crippen LogP contribution >= 0.6 is 0 Å². The van der Waals surface area contributed by atoms with Crippen molar-refractivity contribution in [3.05, 3.63) is 59.2 Å². The van der Waals surface area contributed by atoms with E-state index in [2.05, 4.69) is 4.99 Å². The van der Waals surface area contributed by atoms with Crippen LogP contribution < -0.4 is 4.74 Å². The van der Waals surface area contributed by atoms with Crippen LogP contribution in [0.5, 0.6) is 5.75 Å². The molecule has 5 nitrogen and oxygen atoms in total. The fourth-order valence-corrected chi connectivity index (χ4v) is 2.15. The minimum atomic E-state index is -0.489. The first-order valence-electron chi connectivity index (χ1n) is 7.37. The van der Waals surface area contributed by atoms with Gasteiger partial charge < -0.3 is 13.9 Å². The third-order valence-corrected chi connectivity index (χ3v) is 3.13. The van der Waals surface area contributed by atoms with Crippen LogP contribution in [0.25, 0.3) is 6.08 Å². The number of ether oxygens (including phenoxy) is 2. The van der Waals surface area contributed by atoms with E-state index < -0.39 is 5.97 Å². The predicted octanol–water partition coefficient (Wildman–Crippen LogP) is 3.72. The van der Waals surface area contributed by atoms with Gasteiger partial charge in [0.1, 0.15) is 17.3 Å². The third kappa shape index (κ3) is 3.51. The van der Waals surface area contributed by atoms with Gasteiger partial charge in [-0.3, -0.25) is 0 Å². The quantitative estimate of drug-likeness (QED) is 0.638. The number of aliphatic imine (C=N–C) groups is 1. The summed E-state index contributed by atoms with van der Waals surface area (Å²) in [7, 11) is 0. The zero-order valence-corrected chi connectivity index (χ0v) is 13.2. The molecule has 0 bridgehead atoms. The molecule has 118 valence electrons. The van der Waals surface area contributed by atoms with Crippen molar-refractivity contribution in [3.63, 3.8) is 0 Å². The van der Waals surface area contributed by atoms with Crippen molar-refractivity contribution in [2.75, 3.05) is 0 Å². The Bertz CT molecular complexity index is 782. The molecule has 0 saturated carbocycles. The summed E-state index contributed by atoms with van der Waals surface area (Å²) in [6.07, 6.45) is 1.67. The van der Waals surface area contributed by atoms with Gasteiger partial charge >= 0.3 is 5.97 Å². The third-order valence-electron chi connectivity index (χ3n) is 3.13. The molecule has 1 aromatic heterocycles. The Labute approximate surface area is 134 Å². The average molecular weight is 311 g/mol. The standard InChI is InChI=1S/C18H17NO4/c1-11(2)21-14-8-5-13(6-9-14)17-19-16(18(20)23-17)10-15-7-4-12(3)22-15/h4-11H,1-3H3/b16-10-. The van der Waals surface area contributed by atoms with Gasteiger partial charge in [0.25, 0.3) is 0 Å². The van der Waals surface area contributed by atoms with E-state index in [1.165, 1.54) is 0 Å². The summed E-state index contributed by atoms with van der Waals surface area (Å²) >= 11 is 0. The summed E-state index contributed by atoms with van der Waals surface area (Å²) in [5.41, 5.74) is 0.935. The second kappa shape index (κ2) is 6.12. The van der Waals surface area contributed by atoms with Gasteiger partial charge in [0.05, 0.1) is 6.10 Å². The van der Waals surface area contributed by atoms with Crippen LogP contribution in [-0.2, 0) is 9.53 Å². The second-order valence-corrected chi connectivity index (χ2v) is 5.48. The summed E-state index contributed by atoms with van der Waals surface area (Å²) in [6, 6.07) is 10.9. The first kappa shape index (κ1) is 15.1. The molecular weight excluding hydrogens is 294 g/mol. The van der Waals surface area contributed by atoms with Crippen molar-refractivity contribution in [2.24, 2.45) is 4.99 Å². The number of carbonyl (C=O) groups excluding carboxylic acids is 1. The Balaban J connectivity index is 1.82. The number of furan rings is 1. The Morgan fingerprint density at radius 3 is 2.48 bits per heavy atom. The van der Waals surface area contributed by atoms with Crippen LogP contribution in [-0.4, -0.2) is 18.0 Å². The van der Waals surface area contributed by atoms with Crippen molar-refractivity contribution in [3.8, 4) is 5.75 Å². The van der Waals surface area contributed by atoms with E-state index in [1.54, 1.807) is 12.1 Å². The molecule has 0 atom stereocenters. The molecule has 0 unspecified atom stereocenters. The Hall–Kier alpha value is -2.82. The minimum Gasteiger partial charge on any atom is -0.491 e. The molecule has 0 aliphatic carbocycles. The average Bonchev–Trinajstić information content (AvgIpc) is 3.06. The molecule has 0 radical (unpaired) electrons. The molecule has 5 heteroatoms. The van der Waals surface area contributed by atoms with Crippen molar-refractivity contribution < 1.29 is 18.7 Å². The number of aryl methyl sites for hydroxylation is 1. The Kier molecular flexibility index (Phi) is 4.02. The lowest BCUT2D eigenvalue weighted by molar-refractivity contribution is -0.129. The van der Waals surface area contributed by atoms with E-state index in [4.69, 9.17) is 13.9 Å². The van der Waals surface area contributed by atoms with Crippen LogP contribution in [0.2, 0.25) is 0 Å². The van der Waals surface area contributed by atoms with Gasteiger partial charge in [-0.15, -0.1) is 0 Å². The van der Waals surface area contributed by atoms with E-state index in [0.717, 1.165) is 11.5 Å². The summed E-state index contributed by atoms with van der Waals surface area (Å²) in [5.74, 6) is 1.89. The lowest BCUT2D eigenvalue weighted by Crippen LogP contribution is -2.07. The molecular formula is C18H17NO4. The molecule has 0 spiro atoms. The molecule has 0 saturated heterocycles. The molecule has 3 rings (SSSR count). The number of nitrogens with zero attached hydrogens (tertiary/aromatic N) is 1. The smallest absolute Gasteiger partial charge is 0.363 e. The number of hydrogen-bond acceptors (Lipinski definition) is 5. The van der Waals surface area contributed by atoms with Gasteiger partial charge in [-0.2, -0.15) is 0 Å². The zero-order chi connectivity index (χ0) is 16.4. The van der Waals surface area contributed by atoms with E-state index in [0.29, 0.717) is 11.3 Å². The molecule has 2 aromatic rings. The highest BCUT2D eigenvalue weighted by atomic mass is 16.6. The highest BCUT2D eigenvalue weighted by Gasteiger charge is 2.24. The summed E-state index contributed by atoms with van der Waals surface area (Å²) in [5, 5.41) is 0. The first-order valence-corrected chi connectivity index (χ1v) is 7.37. The maximum Gasteiger partial charge on any atom is 0.363 e. The maximum atomic E-state index is 11.9. The molecule has 0 N–H and O–H groups in total. The number of benzene rings is 1. The van der Waals surface area contributed by atoms with E-state index in [1.807, 2.05) is 51.1 Å². The zero-order valence-electron chi connectivity index (χ0n) is 13.2. The second-order valence-electron chi connectivity index (χ2n) is 5.48. The number of esters is 1. The SMILES string of the molecule is Cc1ccc(/C=C2\N=C(c3ccc(OC(C)C)cc3)OC2=O)o1. The summed E-state index contributed by atoms with van der Waals surface area (Å²) < 4.78 is 16.2. The number of cyclic esters (lactones) is 1. The van der Waals surface area contributed by atoms with Gasteiger partial charge in [0, 0.05) is 11.6 Å². The molecule has 2 heterocycles. The predicted molar refractivity (Wildman–Crippen MR) is 86.3 cm³/mol. The van der Waals surface area contributed by atoms with Crippen molar-refractivity contribution in [2.45, 2.75) is 26.9 Å². The van der Waals surface area contributed by atoms with Gasteiger partial charge in [0.2, 0.25) is 5.90 Å². The van der Waals surface area contributed by atoms with Crippen LogP contribution in [0.15, 0.2) is 51.5 Å². The van der Waals surface area contributed by atoms with E-state index in [-0.39, 0.29) is 17.7 Å². The summed E-state index contributed by atoms with van der Waals surface area (Å²) in [4.78, 5) is 16.1. The van der Waals surface area contributed by atoms with E-state index in [9.17, 15) is 4.79 Å². The fourth-order valence-electron chi connectivity index (χ4n) is 2.15. The van der Waals surface area contributed by atoms with Crippen LogP contribution in [0, 0.1) is 6.92 Å². The van der Waals surface area contributed by atoms with Gasteiger partial charge in [-0.1, -0.05) is 0 Å². The largest absolute Gasteiger partial charge is 0.491 e. The van der Waals surface area contributed by atoms with Crippen molar-refractivity contribution >= 4 is 17.9 Å². The molecule has 1 aliphatic heterocycles. The van der Waals surface area contributed by atoms with Gasteiger partial charge in [0.15, 0.2) is 5.70 Å². The number of rotatable bonds is 4. The normalized spacial score (nSPS) is 15.9. The van der Waals surface area contributed by atoms with Crippen molar-refractivity contribution in [1.82, 2.24) is 0 Å². The molecule has 1 aromatic carbocycles. The monoisotopic (exact) mass is 311 g/mol. The van der Waals surface area contributed by atoms with Gasteiger partial charge in [-0.05, 0) is 57.2 Å². The Morgan fingerprint density at radius 1 is 1.13 bits per heavy atom. The lowest BCUT2D eigenvalue weighted by atomic mass is 10.2. The fraction of sp³-hybridized carbons (Fsp3) is 0.222. The first-order chi connectivity index (χ1) is 11.0. The van der Waals surface area contributed by atoms with Crippen LogP contribution in [0.4, 0.5) is 0 Å². The van der Waals surface area contributed by atoms with Crippen molar-refractivity contribution in [1.29, 1.82) is 0 Å². The molecule has 0 fully saturated rings. The van der Waals surface area contributed by atoms with Gasteiger partial charge in [-0.25, -0.2) is 9.79 Å². The van der Waals surface area contributed by atoms with Crippen LogP contribution in [0.1, 0.15) is 30.9 Å². The van der Waals surface area contributed by atoms with E-state index >= 15 is 0 Å². The summed E-state index contributed by atoms with van der Waals surface area (Å²) in [6.45, 7) is 5.76. The highest BCUT2D eigenvalue weighted by molar-refractivity contribution is 6.12. The Morgan fingerprint density at radius 2 is 1.87 bits per heavy atom. The number of hydrogen-bond donors (Lipinski definition) is 0. The van der Waals surface area contributed by atoms with Crippen LogP contribution in [0.3, 0.4) is 0 Å². The lowest BCUT2D eigenvalue weighted by Gasteiger charge is -2.09. The highest BCUT2D eigenvalue weighted by Crippen LogP contribution is 2.21. The molecule has 1 aliphatic rings. The number of carbonyl (C=O) groups is 1.